The highest BCUT2D eigenvalue weighted by atomic mass is 35.5. The van der Waals surface area contributed by atoms with Crippen molar-refractivity contribution in [3.8, 4) is 69.0 Å². The number of pyridine rings is 9. The van der Waals surface area contributed by atoms with Crippen LogP contribution in [0.5, 0.6) is 0 Å². The molecule has 12 aromatic rings. The number of halogens is 16. The van der Waals surface area contributed by atoms with Gasteiger partial charge in [0.15, 0.2) is 64.0 Å². The normalized spacial score (nSPS) is 16.6. The predicted molar refractivity (Wildman–Crippen MR) is 515 cm³/mol. The van der Waals surface area contributed by atoms with Crippen LogP contribution in [-0.4, -0.2) is 152 Å². The highest BCUT2D eigenvalue weighted by Crippen LogP contribution is 2.48. The van der Waals surface area contributed by atoms with Crippen molar-refractivity contribution < 1.29 is 67.1 Å². The van der Waals surface area contributed by atoms with E-state index in [9.17, 15) is 75.3 Å². The zero-order valence-electron chi connectivity index (χ0n) is 78.2. The molecule has 0 saturated carbocycles. The maximum Gasteiger partial charge on any atom is 0.276 e. The Morgan fingerprint density at radius 2 is 0.624 bits per heavy atom. The van der Waals surface area contributed by atoms with E-state index < -0.39 is 171 Å². The maximum absolute atomic E-state index is 15.4. The molecule has 12 heterocycles. The molecule has 0 aliphatic carbocycles. The van der Waals surface area contributed by atoms with E-state index >= 15 is 22.0 Å². The third-order valence-electron chi connectivity index (χ3n) is 24.9. The van der Waals surface area contributed by atoms with Gasteiger partial charge in [-0.15, -0.1) is 0 Å². The highest BCUT2D eigenvalue weighted by Gasteiger charge is 2.43. The Kier molecular flexibility index (Phi) is 29.8. The van der Waals surface area contributed by atoms with Gasteiger partial charge < -0.3 is 40.9 Å². The molecule has 141 heavy (non-hydrogen) atoms. The second kappa shape index (κ2) is 40.4. The van der Waals surface area contributed by atoms with E-state index in [-0.39, 0.29) is 170 Å². The van der Waals surface area contributed by atoms with Crippen LogP contribution >= 0.6 is 46.4 Å². The molecule has 42 heteroatoms. The van der Waals surface area contributed by atoms with Gasteiger partial charge in [-0.1, -0.05) is 108 Å². The number of hydrogen-bond acceptors (Lipinski definition) is 20. The summed E-state index contributed by atoms with van der Waals surface area (Å²) >= 11 is 25.8. The number of amides is 3. The van der Waals surface area contributed by atoms with Gasteiger partial charge in [0, 0.05) is 110 Å². The summed E-state index contributed by atoms with van der Waals surface area (Å²) in [7, 11) is 0. The van der Waals surface area contributed by atoms with Crippen molar-refractivity contribution in [1.29, 1.82) is 15.8 Å². The van der Waals surface area contributed by atoms with Crippen LogP contribution in [0.25, 0.3) is 83.9 Å². The summed E-state index contributed by atoms with van der Waals surface area (Å²) in [6.45, 7) is 38.9. The minimum absolute atomic E-state index is 0.0778. The van der Waals surface area contributed by atoms with Gasteiger partial charge in [0.1, 0.15) is 62.5 Å². The molecule has 4 N–H and O–H groups in total. The third-order valence-corrected chi connectivity index (χ3v) is 26.1. The number of nitrogens with two attached hydrogens (primary N) is 2. The number of aromatic nitrogens is 9. The number of nitrogen functional groups attached to an aromatic ring is 2. The van der Waals surface area contributed by atoms with Crippen LogP contribution < -0.4 is 42.8 Å². The van der Waals surface area contributed by atoms with Crippen LogP contribution in [0.4, 0.5) is 81.1 Å². The zero-order valence-corrected chi connectivity index (χ0v) is 81.2. The van der Waals surface area contributed by atoms with Gasteiger partial charge >= 0.3 is 0 Å². The molecule has 0 unspecified atom stereocenters. The number of benzene rings is 3. The number of anilines is 5. The molecular weight excluding hydrogens is 1940 g/mol. The number of aryl methyl sites for hydroxylation is 3. The first-order valence-corrected chi connectivity index (χ1v) is 45.3. The zero-order chi connectivity index (χ0) is 104. The van der Waals surface area contributed by atoms with E-state index in [1.54, 1.807) is 108 Å². The Bertz CT molecular complexity index is 6860. The average Bonchev–Trinajstić information content (AvgIpc) is 0.725. The van der Waals surface area contributed by atoms with Crippen molar-refractivity contribution in [1.82, 2.24) is 58.3 Å². The van der Waals surface area contributed by atoms with Crippen molar-refractivity contribution in [2.75, 3.05) is 65.4 Å². The summed E-state index contributed by atoms with van der Waals surface area (Å²) < 4.78 is 180. The predicted octanol–water partition coefficient (Wildman–Crippen LogP) is 19.5. The molecule has 26 nitrogen and oxygen atoms in total. The molecule has 0 bridgehead atoms. The molecule has 0 spiro atoms. The van der Waals surface area contributed by atoms with Gasteiger partial charge in [0.2, 0.25) is 23.5 Å². The highest BCUT2D eigenvalue weighted by molar-refractivity contribution is 6.36. The molecule has 6 atom stereocenters. The Hall–Kier alpha value is -14.4. The lowest BCUT2D eigenvalue weighted by Gasteiger charge is -2.45. The van der Waals surface area contributed by atoms with Crippen LogP contribution in [-0.2, 0) is 14.4 Å². The first-order valence-electron chi connectivity index (χ1n) is 43.8. The van der Waals surface area contributed by atoms with E-state index in [2.05, 4.69) is 55.7 Å². The second-order valence-electron chi connectivity index (χ2n) is 35.2. The van der Waals surface area contributed by atoms with Crippen LogP contribution in [0.3, 0.4) is 0 Å². The number of hydrogen-bond donors (Lipinski definition) is 2. The Morgan fingerprint density at radius 1 is 0.383 bits per heavy atom. The maximum atomic E-state index is 15.4. The fraction of sp³-hybridized carbons (Fsp3) is 0.303. The summed E-state index contributed by atoms with van der Waals surface area (Å²) in [6.07, 6.45) is 8.28. The second-order valence-corrected chi connectivity index (χ2v) is 36.8. The van der Waals surface area contributed by atoms with Crippen molar-refractivity contribution in [3.63, 3.8) is 0 Å². The molecule has 0 radical (unpaired) electrons. The van der Waals surface area contributed by atoms with Gasteiger partial charge in [-0.3, -0.25) is 57.4 Å². The summed E-state index contributed by atoms with van der Waals surface area (Å²) in [5.41, 5.74) is 4.92. The number of piperazine rings is 3. The van der Waals surface area contributed by atoms with Crippen molar-refractivity contribution in [3.05, 3.63) is 264 Å². The van der Waals surface area contributed by atoms with E-state index in [1.165, 1.54) is 47.2 Å². The summed E-state index contributed by atoms with van der Waals surface area (Å²) in [5, 5.41) is 29.8. The summed E-state index contributed by atoms with van der Waals surface area (Å²) in [5.74, 6) is -25.4. The summed E-state index contributed by atoms with van der Waals surface area (Å²) in [4.78, 5) is 118. The van der Waals surface area contributed by atoms with Gasteiger partial charge in [-0.25, -0.2) is 67.6 Å². The molecule has 3 amide bonds. The largest absolute Gasteiger partial charge is 0.397 e. The van der Waals surface area contributed by atoms with Crippen LogP contribution in [0.1, 0.15) is 151 Å². The average molecular weight is 2020 g/mol. The molecule has 3 saturated heterocycles. The number of fused-ring (bicyclic) bond motifs is 3. The molecule has 15 rings (SSSR count). The number of carbonyl (C=O) groups is 3. The molecule has 3 aliphatic rings. The standard InChI is InChI=1S/C33H30Cl2F3N7O2.C33H28ClF5N6O2.C33H30ClF4N7O2/c1-7-21(46)44-16(5)12-43(13-17(44)6)31-18-10-20(34)29(22-24(36)26(38)25(37)23(35)27(22)40)42-32(18)45(33(47)19(31)11-39)30-15(4)8-9-41-28(30)14(2)3;1-7-21(46)44-16(5)12-43(13-17(44)6)31-18-10-20(34)29(22-23(35)25(37)27(39)26(38)24(22)36)42-32(18)45(33(47)19(31)11-40)30-15(4)8-9-41-28(30)14(2)3;1-7-21(46)44-16(5)12-43(13-17(44)6)31-18-10-20(34)29(22-23(35)25(37)26(38)27(40)24(22)36)42-32(18)45(33(47)19(31)11-39)30-15(4)8-9-41-28(30)14(2)3/h7-10,14,16-17H,1,12-13,40H2,2-6H3;7-10,14,16-17H,1,12-13H2,2-6H3;7-10,14,16-17H,1,12-13,40H2,2-6H3/t3*16-,17+. The van der Waals surface area contributed by atoms with Crippen LogP contribution in [0, 0.1) is 125 Å². The first kappa shape index (κ1) is 104. The number of rotatable bonds is 15. The smallest absolute Gasteiger partial charge is 0.276 e. The van der Waals surface area contributed by atoms with E-state index in [4.69, 9.17) is 57.9 Å². The minimum Gasteiger partial charge on any atom is -0.397 e. The molecular formula is C99H88Cl4F12N20O6. The molecule has 3 aliphatic heterocycles. The molecule has 3 aromatic carbocycles. The molecule has 732 valence electrons. The van der Waals surface area contributed by atoms with E-state index in [0.29, 0.717) is 39.5 Å². The third kappa shape index (κ3) is 17.9. The van der Waals surface area contributed by atoms with Crippen LogP contribution in [0.15, 0.2) is 107 Å². The number of carbonyl (C=O) groups excluding carboxylic acids is 3. The lowest BCUT2D eigenvalue weighted by atomic mass is 10.0. The number of nitrogens with zero attached hydrogens (tertiary/aromatic N) is 18. The molecule has 9 aromatic heterocycles. The fourth-order valence-electron chi connectivity index (χ4n) is 18.8. The van der Waals surface area contributed by atoms with Crippen LogP contribution in [0.2, 0.25) is 20.1 Å². The monoisotopic (exact) mass is 2020 g/mol. The number of nitriles is 3. The van der Waals surface area contributed by atoms with Gasteiger partial charge in [-0.05, 0) is 151 Å². The Morgan fingerprint density at radius 3 is 0.887 bits per heavy atom. The topological polar surface area (TPSA) is 337 Å². The fourth-order valence-corrected chi connectivity index (χ4v) is 19.7. The Balaban J connectivity index is 0.000000178. The summed E-state index contributed by atoms with van der Waals surface area (Å²) in [6, 6.07) is 12.5. The molecule has 3 fully saturated rings. The Labute approximate surface area is 818 Å². The van der Waals surface area contributed by atoms with Gasteiger partial charge in [0.05, 0.1) is 106 Å². The van der Waals surface area contributed by atoms with Crippen molar-refractivity contribution in [2.45, 2.75) is 158 Å². The quantitative estimate of drug-likeness (QED) is 0.0316. The minimum atomic E-state index is -2.36. The van der Waals surface area contributed by atoms with Crippen molar-refractivity contribution in [2.24, 2.45) is 0 Å². The lowest BCUT2D eigenvalue weighted by Crippen LogP contribution is -2.58. The SMILES string of the molecule is C=CC(=O)N1[C@H](C)CN(c2c(C#N)c(=O)n(-c3c(C)ccnc3C(C)C)c3nc(-c4c(F)c(F)c(F)c(F)c4F)c(Cl)cc23)C[C@@H]1C.C=CC(=O)N1[C@H](C)CN(c2c(C#N)c(=O)n(-c3c(C)ccnc3C(C)C)c3nc(-c4c(F)c(N)c(F)c(F)c4F)c(Cl)cc23)C[C@@H]1C.C=CC(=O)N1[C@H](C)CN(c2c(C#N)c(=O)n(-c3c(C)ccnc3C(C)C)c3nc(-c4c(N)c(Cl)c(F)c(F)c4F)c(Cl)cc23)C[C@@H]1C. The lowest BCUT2D eigenvalue weighted by molar-refractivity contribution is -0.131. The first-order chi connectivity index (χ1) is 66.5. The van der Waals surface area contributed by atoms with E-state index in [0.717, 1.165) is 9.13 Å². The van der Waals surface area contributed by atoms with Crippen molar-refractivity contribution >= 4 is 126 Å². The van der Waals surface area contributed by atoms with Gasteiger partial charge in [0.25, 0.3) is 16.7 Å². The van der Waals surface area contributed by atoms with E-state index in [1.807, 2.05) is 67.5 Å². The van der Waals surface area contributed by atoms with Gasteiger partial charge in [-0.2, -0.15) is 15.8 Å².